The van der Waals surface area contributed by atoms with E-state index in [9.17, 15) is 24.3 Å². The fourth-order valence-electron chi connectivity index (χ4n) is 2.22. The third-order valence-corrected chi connectivity index (χ3v) is 3.85. The fourth-order valence-corrected chi connectivity index (χ4v) is 2.45. The molecule has 2 rings (SSSR count). The Labute approximate surface area is 153 Å². The van der Waals surface area contributed by atoms with Gasteiger partial charge in [-0.25, -0.2) is 9.37 Å². The van der Waals surface area contributed by atoms with Crippen molar-refractivity contribution < 1.29 is 23.8 Å². The number of ether oxygens (including phenoxy) is 1. The summed E-state index contributed by atoms with van der Waals surface area (Å²) in [6.07, 6.45) is -0.453. The van der Waals surface area contributed by atoms with Crippen LogP contribution in [0.3, 0.4) is 0 Å². The Morgan fingerprint density at radius 2 is 2.12 bits per heavy atom. The van der Waals surface area contributed by atoms with E-state index in [1.54, 1.807) is 13.0 Å². The average molecular weight is 377 g/mol. The zero-order valence-corrected chi connectivity index (χ0v) is 14.5. The first-order valence-electron chi connectivity index (χ1n) is 7.66. The molecule has 134 valence electrons. The highest BCUT2D eigenvalue weighted by Gasteiger charge is 2.21. The lowest BCUT2D eigenvalue weighted by Crippen LogP contribution is -2.10. The Hall–Kier alpha value is -2.98. The largest absolute Gasteiger partial charge is 0.504 e. The van der Waals surface area contributed by atoms with Crippen molar-refractivity contribution in [1.29, 1.82) is 5.26 Å². The minimum atomic E-state index is -0.687. The predicted molar refractivity (Wildman–Crippen MR) is 91.2 cm³/mol. The van der Waals surface area contributed by atoms with E-state index in [1.165, 1.54) is 18.2 Å². The van der Waals surface area contributed by atoms with Crippen LogP contribution in [0.4, 0.5) is 4.39 Å². The number of hydrogen-bond acceptors (Lipinski definition) is 6. The first kappa shape index (κ1) is 19.3. The minimum absolute atomic E-state index is 0.0586. The summed E-state index contributed by atoms with van der Waals surface area (Å²) in [6.45, 7) is 1.82. The number of esters is 1. The van der Waals surface area contributed by atoms with Gasteiger partial charge in [0.2, 0.25) is 0 Å². The van der Waals surface area contributed by atoms with E-state index in [0.717, 1.165) is 6.07 Å². The molecule has 1 aromatic carbocycles. The number of pyridine rings is 1. The van der Waals surface area contributed by atoms with Crippen molar-refractivity contribution >= 4 is 23.4 Å². The molecule has 1 N–H and O–H groups in total. The lowest BCUT2D eigenvalue weighted by Gasteiger charge is -2.10. The second-order valence-electron chi connectivity index (χ2n) is 5.19. The van der Waals surface area contributed by atoms with E-state index in [4.69, 9.17) is 16.3 Å². The van der Waals surface area contributed by atoms with Gasteiger partial charge in [-0.2, -0.15) is 5.26 Å². The van der Waals surface area contributed by atoms with Crippen molar-refractivity contribution in [3.63, 3.8) is 0 Å². The molecule has 0 aliphatic carbocycles. The number of carbonyl (C=O) groups excluding carboxylic acids is 2. The lowest BCUT2D eigenvalue weighted by atomic mass is 10.0. The Balaban J connectivity index is 2.44. The Kier molecular flexibility index (Phi) is 6.26. The van der Waals surface area contributed by atoms with Gasteiger partial charge in [0.05, 0.1) is 29.3 Å². The van der Waals surface area contributed by atoms with Gasteiger partial charge in [0.15, 0.2) is 11.5 Å². The molecular weight excluding hydrogens is 363 g/mol. The lowest BCUT2D eigenvalue weighted by molar-refractivity contribution is -0.143. The monoisotopic (exact) mass is 376 g/mol. The normalized spacial score (nSPS) is 10.2. The number of rotatable bonds is 6. The second-order valence-corrected chi connectivity index (χ2v) is 5.57. The summed E-state index contributed by atoms with van der Waals surface area (Å²) >= 11 is 5.93. The van der Waals surface area contributed by atoms with Crippen LogP contribution in [0.2, 0.25) is 5.02 Å². The summed E-state index contributed by atoms with van der Waals surface area (Å²) in [6, 6.07) is 6.98. The van der Waals surface area contributed by atoms with Gasteiger partial charge < -0.3 is 9.84 Å². The van der Waals surface area contributed by atoms with Gasteiger partial charge in [-0.1, -0.05) is 23.7 Å². The first-order valence-corrected chi connectivity index (χ1v) is 8.04. The fraction of sp³-hybridized carbons (Fsp3) is 0.222. The van der Waals surface area contributed by atoms with Gasteiger partial charge in [-0.3, -0.25) is 9.59 Å². The number of benzene rings is 1. The van der Waals surface area contributed by atoms with Gasteiger partial charge in [0, 0.05) is 12.0 Å². The quantitative estimate of drug-likeness (QED) is 0.610. The molecular formula is C18H14ClFN2O4. The molecule has 0 aliphatic heterocycles. The highest BCUT2D eigenvalue weighted by Crippen LogP contribution is 2.32. The molecule has 0 amide bonds. The number of hydrogen-bond donors (Lipinski definition) is 1. The van der Waals surface area contributed by atoms with Gasteiger partial charge in [-0.05, 0) is 19.1 Å². The minimum Gasteiger partial charge on any atom is -0.504 e. The van der Waals surface area contributed by atoms with Crippen LogP contribution < -0.4 is 0 Å². The molecule has 0 spiro atoms. The SMILES string of the molecule is CCOC(=O)CCC(=O)c1nc(-c2cccc(F)c2Cl)cc(C#N)c1O. The van der Waals surface area contributed by atoms with E-state index < -0.39 is 23.3 Å². The van der Waals surface area contributed by atoms with Crippen LogP contribution in [0.25, 0.3) is 11.3 Å². The Morgan fingerprint density at radius 3 is 2.77 bits per heavy atom. The molecule has 0 fully saturated rings. The van der Waals surface area contributed by atoms with Gasteiger partial charge in [-0.15, -0.1) is 0 Å². The van der Waals surface area contributed by atoms with Crippen LogP contribution in [-0.4, -0.2) is 28.4 Å². The number of Topliss-reactive ketones (excluding diaryl/α,β-unsaturated/α-hetero) is 1. The van der Waals surface area contributed by atoms with E-state index in [-0.39, 0.29) is 47.0 Å². The van der Waals surface area contributed by atoms with Gasteiger partial charge in [0.1, 0.15) is 17.6 Å². The number of aromatic hydroxyl groups is 1. The van der Waals surface area contributed by atoms with E-state index >= 15 is 0 Å². The maximum absolute atomic E-state index is 13.7. The van der Waals surface area contributed by atoms with Crippen molar-refractivity contribution in [2.45, 2.75) is 19.8 Å². The molecule has 2 aromatic rings. The smallest absolute Gasteiger partial charge is 0.306 e. The zero-order valence-electron chi connectivity index (χ0n) is 13.8. The maximum atomic E-state index is 13.7. The molecule has 0 bridgehead atoms. The van der Waals surface area contributed by atoms with Crippen molar-refractivity contribution in [1.82, 2.24) is 4.98 Å². The molecule has 0 aliphatic rings. The summed E-state index contributed by atoms with van der Waals surface area (Å²) in [7, 11) is 0. The summed E-state index contributed by atoms with van der Waals surface area (Å²) < 4.78 is 18.4. The average Bonchev–Trinajstić information content (AvgIpc) is 2.62. The molecule has 0 radical (unpaired) electrons. The molecule has 0 saturated carbocycles. The number of nitrogens with zero attached hydrogens (tertiary/aromatic N) is 2. The molecule has 1 aromatic heterocycles. The molecule has 0 atom stereocenters. The van der Waals surface area contributed by atoms with Crippen LogP contribution in [0.5, 0.6) is 5.75 Å². The Bertz CT molecular complexity index is 909. The van der Waals surface area contributed by atoms with E-state index in [0.29, 0.717) is 0 Å². The molecule has 26 heavy (non-hydrogen) atoms. The van der Waals surface area contributed by atoms with Crippen LogP contribution in [-0.2, 0) is 9.53 Å². The Morgan fingerprint density at radius 1 is 1.38 bits per heavy atom. The molecule has 8 heteroatoms. The van der Waals surface area contributed by atoms with Crippen molar-refractivity contribution in [3.8, 4) is 23.1 Å². The third-order valence-electron chi connectivity index (χ3n) is 3.47. The van der Waals surface area contributed by atoms with Crippen LogP contribution in [0.15, 0.2) is 24.3 Å². The van der Waals surface area contributed by atoms with Gasteiger partial charge in [0.25, 0.3) is 0 Å². The maximum Gasteiger partial charge on any atom is 0.306 e. The van der Waals surface area contributed by atoms with Crippen molar-refractivity contribution in [2.24, 2.45) is 0 Å². The van der Waals surface area contributed by atoms with Gasteiger partial charge >= 0.3 is 5.97 Å². The van der Waals surface area contributed by atoms with Crippen molar-refractivity contribution in [3.05, 3.63) is 46.4 Å². The molecule has 6 nitrogen and oxygen atoms in total. The number of ketones is 1. The highest BCUT2D eigenvalue weighted by molar-refractivity contribution is 6.33. The zero-order chi connectivity index (χ0) is 19.3. The molecule has 0 unspecified atom stereocenters. The van der Waals surface area contributed by atoms with Crippen molar-refractivity contribution in [2.75, 3.05) is 6.61 Å². The number of carbonyl (C=O) groups is 2. The van der Waals surface area contributed by atoms with E-state index in [1.807, 2.05) is 0 Å². The summed E-state index contributed by atoms with van der Waals surface area (Å²) in [5, 5.41) is 19.0. The summed E-state index contributed by atoms with van der Waals surface area (Å²) in [5.41, 5.74) is -0.371. The van der Waals surface area contributed by atoms with Crippen LogP contribution in [0.1, 0.15) is 35.8 Å². The second kappa shape index (κ2) is 8.41. The number of aromatic nitrogens is 1. The first-order chi connectivity index (χ1) is 12.4. The predicted octanol–water partition coefficient (Wildman–Crippen LogP) is 3.64. The highest BCUT2D eigenvalue weighted by atomic mass is 35.5. The van der Waals surface area contributed by atoms with Crippen LogP contribution >= 0.6 is 11.6 Å². The standard InChI is InChI=1S/C18H14ClFN2O4/c1-2-26-15(24)7-6-14(23)17-18(25)10(9-21)8-13(22-17)11-4-3-5-12(20)16(11)19/h3-5,8,25H,2,6-7H2,1H3. The molecule has 0 saturated heterocycles. The number of nitriles is 1. The summed E-state index contributed by atoms with van der Waals surface area (Å²) in [5.74, 6) is -2.50. The number of halogens is 2. The topological polar surface area (TPSA) is 100 Å². The van der Waals surface area contributed by atoms with E-state index in [2.05, 4.69) is 4.98 Å². The molecule has 1 heterocycles. The summed E-state index contributed by atoms with van der Waals surface area (Å²) in [4.78, 5) is 27.7. The van der Waals surface area contributed by atoms with Crippen LogP contribution in [0, 0.1) is 17.1 Å². The third kappa shape index (κ3) is 4.16.